The van der Waals surface area contributed by atoms with Crippen LogP contribution in [0.3, 0.4) is 0 Å². The van der Waals surface area contributed by atoms with Gasteiger partial charge >= 0.3 is 0 Å². The van der Waals surface area contributed by atoms with E-state index in [0.717, 1.165) is 31.5 Å². The molecule has 1 aromatic rings. The van der Waals surface area contributed by atoms with Gasteiger partial charge in [-0.25, -0.2) is 0 Å². The summed E-state index contributed by atoms with van der Waals surface area (Å²) in [6, 6.07) is 3.65. The second-order valence-electron chi connectivity index (χ2n) is 5.28. The number of benzene rings is 1. The summed E-state index contributed by atoms with van der Waals surface area (Å²) >= 11 is 6.23. The van der Waals surface area contributed by atoms with E-state index in [4.69, 9.17) is 21.1 Å². The summed E-state index contributed by atoms with van der Waals surface area (Å²) in [6.45, 7) is 4.65. The zero-order chi connectivity index (χ0) is 15.9. The summed E-state index contributed by atoms with van der Waals surface area (Å²) in [4.78, 5) is 12.2. The van der Waals surface area contributed by atoms with Crippen LogP contribution in [0, 0.1) is 5.92 Å². The highest BCUT2D eigenvalue weighted by Crippen LogP contribution is 2.36. The average molecular weight is 363 g/mol. The van der Waals surface area contributed by atoms with Crippen molar-refractivity contribution in [1.82, 2.24) is 10.6 Å². The fraction of sp³-hybridized carbons (Fsp3) is 0.562. The predicted octanol–water partition coefficient (Wildman–Crippen LogP) is 2.78. The average Bonchev–Trinajstić information content (AvgIpc) is 2.55. The highest BCUT2D eigenvalue weighted by Gasteiger charge is 2.20. The molecule has 130 valence electrons. The minimum absolute atomic E-state index is 0. The van der Waals surface area contributed by atoms with Crippen LogP contribution in [-0.4, -0.2) is 32.7 Å². The van der Waals surface area contributed by atoms with Crippen LogP contribution in [0.25, 0.3) is 0 Å². The van der Waals surface area contributed by atoms with Crippen LogP contribution in [0.4, 0.5) is 0 Å². The van der Waals surface area contributed by atoms with E-state index in [9.17, 15) is 4.79 Å². The van der Waals surface area contributed by atoms with Crippen molar-refractivity contribution in [2.75, 3.05) is 26.8 Å². The third kappa shape index (κ3) is 5.44. The summed E-state index contributed by atoms with van der Waals surface area (Å²) in [6.07, 6.45) is 1.78. The monoisotopic (exact) mass is 362 g/mol. The molecular weight excluding hydrogens is 339 g/mol. The Morgan fingerprint density at radius 2 is 2.09 bits per heavy atom. The number of piperidine rings is 1. The molecule has 1 fully saturated rings. The van der Waals surface area contributed by atoms with Crippen molar-refractivity contribution < 1.29 is 14.3 Å². The lowest BCUT2D eigenvalue weighted by Crippen LogP contribution is -2.37. The van der Waals surface area contributed by atoms with Gasteiger partial charge in [-0.15, -0.1) is 12.4 Å². The molecule has 1 amide bonds. The number of halogens is 2. The number of methoxy groups -OCH3 is 1. The number of hydrogen-bond acceptors (Lipinski definition) is 4. The van der Waals surface area contributed by atoms with Crippen LogP contribution < -0.4 is 20.1 Å². The maximum Gasteiger partial charge on any atom is 0.223 e. The largest absolute Gasteiger partial charge is 0.493 e. The molecule has 0 saturated carbocycles. The van der Waals surface area contributed by atoms with E-state index in [1.807, 2.05) is 13.0 Å². The Morgan fingerprint density at radius 3 is 2.70 bits per heavy atom. The van der Waals surface area contributed by atoms with E-state index in [1.165, 1.54) is 0 Å². The fourth-order valence-corrected chi connectivity index (χ4v) is 2.87. The number of rotatable bonds is 6. The Morgan fingerprint density at radius 1 is 1.39 bits per heavy atom. The van der Waals surface area contributed by atoms with Crippen LogP contribution >= 0.6 is 24.0 Å². The van der Waals surface area contributed by atoms with Gasteiger partial charge in [-0.3, -0.25) is 4.79 Å². The van der Waals surface area contributed by atoms with Crippen molar-refractivity contribution >= 4 is 29.9 Å². The summed E-state index contributed by atoms with van der Waals surface area (Å²) in [7, 11) is 1.57. The molecule has 2 rings (SSSR count). The number of hydrogen-bond donors (Lipinski definition) is 2. The number of carbonyl (C=O) groups excluding carboxylic acids is 1. The van der Waals surface area contributed by atoms with Crippen molar-refractivity contribution in [3.05, 3.63) is 22.7 Å². The molecule has 0 bridgehead atoms. The molecule has 1 aliphatic heterocycles. The number of amides is 1. The van der Waals surface area contributed by atoms with Crippen molar-refractivity contribution in [2.45, 2.75) is 26.3 Å². The van der Waals surface area contributed by atoms with E-state index in [-0.39, 0.29) is 24.2 Å². The smallest absolute Gasteiger partial charge is 0.223 e. The van der Waals surface area contributed by atoms with Crippen LogP contribution in [0.2, 0.25) is 5.02 Å². The topological polar surface area (TPSA) is 59.6 Å². The lowest BCUT2D eigenvalue weighted by atomic mass is 9.97. The van der Waals surface area contributed by atoms with Crippen molar-refractivity contribution in [3.8, 4) is 11.5 Å². The minimum Gasteiger partial charge on any atom is -0.493 e. The molecule has 0 atom stereocenters. The third-order valence-electron chi connectivity index (χ3n) is 3.75. The lowest BCUT2D eigenvalue weighted by molar-refractivity contribution is -0.125. The maximum atomic E-state index is 12.2. The number of nitrogens with one attached hydrogen (secondary N) is 2. The molecule has 1 aliphatic rings. The van der Waals surface area contributed by atoms with Crippen molar-refractivity contribution in [1.29, 1.82) is 0 Å². The molecule has 1 saturated heterocycles. The molecule has 0 aliphatic carbocycles. The highest BCUT2D eigenvalue weighted by molar-refractivity contribution is 6.32. The van der Waals surface area contributed by atoms with Crippen LogP contribution in [-0.2, 0) is 11.3 Å². The van der Waals surface area contributed by atoms with Crippen LogP contribution in [0.1, 0.15) is 25.3 Å². The quantitative estimate of drug-likeness (QED) is 0.816. The first-order valence-corrected chi connectivity index (χ1v) is 8.01. The third-order valence-corrected chi connectivity index (χ3v) is 4.04. The van der Waals surface area contributed by atoms with Gasteiger partial charge in [-0.1, -0.05) is 11.6 Å². The van der Waals surface area contributed by atoms with Gasteiger partial charge in [-0.05, 0) is 50.6 Å². The van der Waals surface area contributed by atoms with E-state index in [0.29, 0.717) is 29.7 Å². The van der Waals surface area contributed by atoms with Gasteiger partial charge < -0.3 is 20.1 Å². The van der Waals surface area contributed by atoms with Gasteiger partial charge in [-0.2, -0.15) is 0 Å². The normalized spacial score (nSPS) is 14.7. The second kappa shape index (κ2) is 9.85. The van der Waals surface area contributed by atoms with Crippen molar-refractivity contribution in [2.24, 2.45) is 5.92 Å². The molecule has 1 heterocycles. The Hall–Kier alpha value is -1.17. The zero-order valence-electron chi connectivity index (χ0n) is 13.5. The summed E-state index contributed by atoms with van der Waals surface area (Å²) in [5.41, 5.74) is 0.896. The van der Waals surface area contributed by atoms with Gasteiger partial charge in [0.1, 0.15) is 0 Å². The number of ether oxygens (including phenoxy) is 2. The van der Waals surface area contributed by atoms with E-state index < -0.39 is 0 Å². The summed E-state index contributed by atoms with van der Waals surface area (Å²) in [5, 5.41) is 6.73. The first-order valence-electron chi connectivity index (χ1n) is 7.63. The van der Waals surface area contributed by atoms with Crippen LogP contribution in [0.15, 0.2) is 12.1 Å². The summed E-state index contributed by atoms with van der Waals surface area (Å²) < 4.78 is 10.8. The van der Waals surface area contributed by atoms with Gasteiger partial charge in [0.2, 0.25) is 5.91 Å². The SMILES string of the molecule is CCOc1c(Cl)cc(CNC(=O)C2CCNCC2)cc1OC.Cl. The molecule has 0 radical (unpaired) electrons. The molecule has 1 aromatic carbocycles. The van der Waals surface area contributed by atoms with E-state index in [1.54, 1.807) is 13.2 Å². The molecule has 0 spiro atoms. The molecule has 7 heteroatoms. The van der Waals surface area contributed by atoms with E-state index in [2.05, 4.69) is 10.6 Å². The standard InChI is InChI=1S/C16H23ClN2O3.ClH/c1-3-22-15-13(17)8-11(9-14(15)21-2)10-19-16(20)12-4-6-18-7-5-12;/h8-9,12,18H,3-7,10H2,1-2H3,(H,19,20);1H. The maximum absolute atomic E-state index is 12.2. The van der Waals surface area contributed by atoms with Gasteiger partial charge in [0.25, 0.3) is 0 Å². The highest BCUT2D eigenvalue weighted by atomic mass is 35.5. The molecular formula is C16H24Cl2N2O3. The first kappa shape index (κ1) is 19.9. The first-order chi connectivity index (χ1) is 10.7. The number of carbonyl (C=O) groups is 1. The van der Waals surface area contributed by atoms with E-state index >= 15 is 0 Å². The molecule has 0 unspecified atom stereocenters. The molecule has 0 aromatic heterocycles. The second-order valence-corrected chi connectivity index (χ2v) is 5.69. The minimum atomic E-state index is 0. The zero-order valence-corrected chi connectivity index (χ0v) is 15.1. The van der Waals surface area contributed by atoms with Gasteiger partial charge in [0.05, 0.1) is 18.7 Å². The molecule has 23 heavy (non-hydrogen) atoms. The van der Waals surface area contributed by atoms with Crippen molar-refractivity contribution in [3.63, 3.8) is 0 Å². The Bertz CT molecular complexity index is 520. The van der Waals surface area contributed by atoms with Crippen LogP contribution in [0.5, 0.6) is 11.5 Å². The Balaban J connectivity index is 0.00000264. The van der Waals surface area contributed by atoms with Gasteiger partial charge in [0, 0.05) is 12.5 Å². The molecule has 5 nitrogen and oxygen atoms in total. The predicted molar refractivity (Wildman–Crippen MR) is 93.9 cm³/mol. The Kier molecular flexibility index (Phi) is 8.52. The molecule has 2 N–H and O–H groups in total. The fourth-order valence-electron chi connectivity index (χ4n) is 2.58. The summed E-state index contributed by atoms with van der Waals surface area (Å²) in [5.74, 6) is 1.33. The Labute approximate surface area is 148 Å². The van der Waals surface area contributed by atoms with Gasteiger partial charge in [0.15, 0.2) is 11.5 Å². The lowest BCUT2D eigenvalue weighted by Gasteiger charge is -2.22.